The molecule has 0 fully saturated rings. The zero-order chi connectivity index (χ0) is 14.2. The van der Waals surface area contributed by atoms with Crippen LogP contribution in [0.15, 0.2) is 47.5 Å². The third kappa shape index (κ3) is 4.41. The van der Waals surface area contributed by atoms with Crippen LogP contribution in [0.5, 0.6) is 0 Å². The predicted molar refractivity (Wildman–Crippen MR) is 86.1 cm³/mol. The Hall–Kier alpha value is -1.77. The molecule has 1 unspecified atom stereocenters. The molecule has 0 aromatic heterocycles. The lowest BCUT2D eigenvalue weighted by molar-refractivity contribution is 0.630. The molecule has 1 aliphatic rings. The molecular weight excluding hydrogens is 246 g/mol. The van der Waals surface area contributed by atoms with Gasteiger partial charge in [-0.15, -0.1) is 0 Å². The van der Waals surface area contributed by atoms with Gasteiger partial charge in [0.1, 0.15) is 0 Å². The van der Waals surface area contributed by atoms with Crippen LogP contribution in [0.2, 0.25) is 0 Å². The number of guanidine groups is 1. The van der Waals surface area contributed by atoms with Crippen molar-refractivity contribution in [1.82, 2.24) is 10.6 Å². The Morgan fingerprint density at radius 2 is 1.95 bits per heavy atom. The molecule has 1 aromatic rings. The molecule has 3 nitrogen and oxygen atoms in total. The van der Waals surface area contributed by atoms with Gasteiger partial charge in [-0.2, -0.15) is 0 Å². The molecule has 1 aromatic carbocycles. The summed E-state index contributed by atoms with van der Waals surface area (Å²) < 4.78 is 0. The Kier molecular flexibility index (Phi) is 5.66. The standard InChI is InChI=1S/C17H25N3/c1-3-18-17(20-16-11-7-8-12-16)19-13-14(2)15-9-5-4-6-10-15/h4-10,14,16H,3,11-13H2,1-2H3,(H2,18,19,20). The average Bonchev–Trinajstić information content (AvgIpc) is 2.98. The molecule has 2 N–H and O–H groups in total. The van der Waals surface area contributed by atoms with Crippen LogP contribution in [0.25, 0.3) is 0 Å². The van der Waals surface area contributed by atoms with Crippen molar-refractivity contribution in [3.8, 4) is 0 Å². The molecule has 2 rings (SSSR count). The van der Waals surface area contributed by atoms with Gasteiger partial charge in [0.25, 0.3) is 0 Å². The minimum absolute atomic E-state index is 0.438. The summed E-state index contributed by atoms with van der Waals surface area (Å²) in [6.07, 6.45) is 6.65. The van der Waals surface area contributed by atoms with E-state index in [0.717, 1.165) is 31.9 Å². The van der Waals surface area contributed by atoms with Crippen molar-refractivity contribution in [3.05, 3.63) is 48.0 Å². The van der Waals surface area contributed by atoms with E-state index in [2.05, 4.69) is 67.0 Å². The highest BCUT2D eigenvalue weighted by Gasteiger charge is 2.12. The van der Waals surface area contributed by atoms with Crippen molar-refractivity contribution in [2.24, 2.45) is 4.99 Å². The minimum Gasteiger partial charge on any atom is -0.357 e. The number of nitrogens with one attached hydrogen (secondary N) is 2. The van der Waals surface area contributed by atoms with Crippen molar-refractivity contribution in [3.63, 3.8) is 0 Å². The number of benzene rings is 1. The predicted octanol–water partition coefficient (Wildman–Crippen LogP) is 3.06. The first-order valence-corrected chi connectivity index (χ1v) is 7.54. The van der Waals surface area contributed by atoms with Crippen LogP contribution < -0.4 is 10.6 Å². The smallest absolute Gasteiger partial charge is 0.191 e. The van der Waals surface area contributed by atoms with Crippen LogP contribution in [0.3, 0.4) is 0 Å². The summed E-state index contributed by atoms with van der Waals surface area (Å²) in [7, 11) is 0. The second kappa shape index (κ2) is 7.73. The zero-order valence-electron chi connectivity index (χ0n) is 12.5. The second-order valence-corrected chi connectivity index (χ2v) is 5.32. The summed E-state index contributed by atoms with van der Waals surface area (Å²) in [4.78, 5) is 4.72. The van der Waals surface area contributed by atoms with Crippen LogP contribution in [0.1, 0.15) is 38.2 Å². The molecule has 1 atom stereocenters. The molecule has 0 spiro atoms. The van der Waals surface area contributed by atoms with E-state index in [1.54, 1.807) is 0 Å². The average molecular weight is 271 g/mol. The van der Waals surface area contributed by atoms with Gasteiger partial charge in [-0.25, -0.2) is 0 Å². The lowest BCUT2D eigenvalue weighted by Crippen LogP contribution is -2.42. The third-order valence-electron chi connectivity index (χ3n) is 3.58. The second-order valence-electron chi connectivity index (χ2n) is 5.32. The maximum Gasteiger partial charge on any atom is 0.191 e. The largest absolute Gasteiger partial charge is 0.357 e. The molecule has 0 aliphatic heterocycles. The summed E-state index contributed by atoms with van der Waals surface area (Å²) in [5, 5.41) is 6.83. The third-order valence-corrected chi connectivity index (χ3v) is 3.58. The quantitative estimate of drug-likeness (QED) is 0.490. The number of aliphatic imine (C=N–C) groups is 1. The van der Waals surface area contributed by atoms with E-state index in [0.29, 0.717) is 12.0 Å². The van der Waals surface area contributed by atoms with Gasteiger partial charge in [0.2, 0.25) is 0 Å². The van der Waals surface area contributed by atoms with E-state index < -0.39 is 0 Å². The fourth-order valence-corrected chi connectivity index (χ4v) is 2.36. The van der Waals surface area contributed by atoms with Crippen LogP contribution in [-0.2, 0) is 0 Å². The normalized spacial score (nSPS) is 17.2. The van der Waals surface area contributed by atoms with Gasteiger partial charge >= 0.3 is 0 Å². The molecule has 1 aliphatic carbocycles. The van der Waals surface area contributed by atoms with Crippen molar-refractivity contribution < 1.29 is 0 Å². The van der Waals surface area contributed by atoms with Gasteiger partial charge in [0.05, 0.1) is 0 Å². The Bertz CT molecular complexity index is 443. The first-order valence-electron chi connectivity index (χ1n) is 7.54. The van der Waals surface area contributed by atoms with Gasteiger partial charge in [-0.05, 0) is 25.3 Å². The molecule has 0 saturated heterocycles. The number of rotatable bonds is 5. The molecule has 0 heterocycles. The monoisotopic (exact) mass is 271 g/mol. The first kappa shape index (κ1) is 14.6. The molecule has 20 heavy (non-hydrogen) atoms. The maximum atomic E-state index is 4.72. The van der Waals surface area contributed by atoms with Crippen LogP contribution in [0.4, 0.5) is 0 Å². The van der Waals surface area contributed by atoms with E-state index in [1.165, 1.54) is 5.56 Å². The molecule has 0 radical (unpaired) electrons. The lowest BCUT2D eigenvalue weighted by Gasteiger charge is -2.17. The van der Waals surface area contributed by atoms with Gasteiger partial charge in [-0.1, -0.05) is 49.4 Å². The number of hydrogen-bond acceptors (Lipinski definition) is 1. The first-order chi connectivity index (χ1) is 9.79. The summed E-state index contributed by atoms with van der Waals surface area (Å²) >= 11 is 0. The Labute approximate surface area is 122 Å². The molecule has 108 valence electrons. The zero-order valence-corrected chi connectivity index (χ0v) is 12.5. The van der Waals surface area contributed by atoms with Crippen LogP contribution in [-0.4, -0.2) is 25.1 Å². The lowest BCUT2D eigenvalue weighted by atomic mass is 10.0. The highest BCUT2D eigenvalue weighted by molar-refractivity contribution is 5.80. The van der Waals surface area contributed by atoms with Gasteiger partial charge < -0.3 is 10.6 Å². The molecule has 0 saturated carbocycles. The van der Waals surface area contributed by atoms with E-state index in [1.807, 2.05) is 0 Å². The Balaban J connectivity index is 1.90. The molecule has 0 bridgehead atoms. The minimum atomic E-state index is 0.438. The van der Waals surface area contributed by atoms with Gasteiger partial charge in [0, 0.05) is 25.0 Å². The van der Waals surface area contributed by atoms with Crippen LogP contribution >= 0.6 is 0 Å². The highest BCUT2D eigenvalue weighted by Crippen LogP contribution is 2.14. The summed E-state index contributed by atoms with van der Waals surface area (Å²) in [6, 6.07) is 11.1. The molecule has 3 heteroatoms. The molecular formula is C17H25N3. The summed E-state index contributed by atoms with van der Waals surface area (Å²) in [5.41, 5.74) is 1.34. The van der Waals surface area contributed by atoms with Crippen molar-refractivity contribution in [2.45, 2.75) is 38.6 Å². The van der Waals surface area contributed by atoms with Crippen molar-refractivity contribution in [1.29, 1.82) is 0 Å². The fraction of sp³-hybridized carbons (Fsp3) is 0.471. The van der Waals surface area contributed by atoms with E-state index in [4.69, 9.17) is 4.99 Å². The van der Waals surface area contributed by atoms with E-state index in [9.17, 15) is 0 Å². The fourth-order valence-electron chi connectivity index (χ4n) is 2.36. The SMILES string of the molecule is CCNC(=NCC(C)c1ccccc1)NC1CC=CC1. The van der Waals surface area contributed by atoms with Gasteiger partial charge in [-0.3, -0.25) is 4.99 Å². The number of hydrogen-bond donors (Lipinski definition) is 2. The van der Waals surface area contributed by atoms with Crippen molar-refractivity contribution >= 4 is 5.96 Å². The van der Waals surface area contributed by atoms with Crippen LogP contribution in [0, 0.1) is 0 Å². The van der Waals surface area contributed by atoms with E-state index in [-0.39, 0.29) is 0 Å². The Morgan fingerprint density at radius 1 is 1.25 bits per heavy atom. The summed E-state index contributed by atoms with van der Waals surface area (Å²) in [5.74, 6) is 1.37. The van der Waals surface area contributed by atoms with Gasteiger partial charge in [0.15, 0.2) is 5.96 Å². The molecule has 0 amide bonds. The number of nitrogens with zero attached hydrogens (tertiary/aromatic N) is 1. The maximum absolute atomic E-state index is 4.72. The van der Waals surface area contributed by atoms with Crippen molar-refractivity contribution in [2.75, 3.05) is 13.1 Å². The topological polar surface area (TPSA) is 36.4 Å². The Morgan fingerprint density at radius 3 is 2.60 bits per heavy atom. The highest BCUT2D eigenvalue weighted by atomic mass is 15.2. The summed E-state index contributed by atoms with van der Waals surface area (Å²) in [6.45, 7) is 6.02. The van der Waals surface area contributed by atoms with E-state index >= 15 is 0 Å².